The van der Waals surface area contributed by atoms with E-state index in [0.717, 1.165) is 13.0 Å². The largest absolute Gasteiger partial charge is 0.313 e. The highest BCUT2D eigenvalue weighted by molar-refractivity contribution is 7.84. The molecule has 16 heavy (non-hydrogen) atoms. The van der Waals surface area contributed by atoms with E-state index in [1.807, 2.05) is 0 Å². The fourth-order valence-electron chi connectivity index (χ4n) is 2.08. The number of likely N-dealkylation sites (tertiary alicyclic amines) is 1. The van der Waals surface area contributed by atoms with Crippen molar-refractivity contribution >= 4 is 10.8 Å². The molecule has 0 spiro atoms. The number of hydrogen-bond donors (Lipinski definition) is 1. The molecule has 3 unspecified atom stereocenters. The predicted octanol–water partition coefficient (Wildman–Crippen LogP) is 1.22. The molecule has 3 nitrogen and oxygen atoms in total. The first kappa shape index (κ1) is 14.1. The van der Waals surface area contributed by atoms with Crippen molar-refractivity contribution in [1.29, 1.82) is 0 Å². The maximum atomic E-state index is 11.2. The van der Waals surface area contributed by atoms with Gasteiger partial charge in [-0.3, -0.25) is 9.11 Å². The van der Waals surface area contributed by atoms with Crippen LogP contribution in [-0.2, 0) is 10.8 Å². The molecule has 1 heterocycles. The Morgan fingerprint density at radius 3 is 2.62 bits per heavy atom. The van der Waals surface area contributed by atoms with Crippen LogP contribution in [0.5, 0.6) is 0 Å². The molecule has 0 bridgehead atoms. The molecule has 0 saturated carbocycles. The van der Waals surface area contributed by atoms with Crippen LogP contribution in [0.15, 0.2) is 0 Å². The second kappa shape index (κ2) is 6.72. The van der Waals surface area contributed by atoms with Crippen molar-refractivity contribution in [3.05, 3.63) is 0 Å². The molecular formula is C12H26N2OS. The van der Waals surface area contributed by atoms with Crippen LogP contribution < -0.4 is 5.32 Å². The molecule has 0 radical (unpaired) electrons. The summed E-state index contributed by atoms with van der Waals surface area (Å²) < 4.78 is 11.2. The van der Waals surface area contributed by atoms with Crippen LogP contribution in [0.2, 0.25) is 0 Å². The van der Waals surface area contributed by atoms with Gasteiger partial charge in [0.1, 0.15) is 0 Å². The lowest BCUT2D eigenvalue weighted by molar-refractivity contribution is 0.268. The standard InChI is InChI=1S/C12H26N2OS/c1-10(2)14-8-6-12(9-14)13-7-5-11(3)16(4)15/h10-13H,5-9H2,1-4H3. The summed E-state index contributed by atoms with van der Waals surface area (Å²) in [6.45, 7) is 9.95. The summed E-state index contributed by atoms with van der Waals surface area (Å²) in [5.41, 5.74) is 0. The molecule has 0 aromatic heterocycles. The van der Waals surface area contributed by atoms with Gasteiger partial charge in [-0.05, 0) is 39.8 Å². The molecule has 0 aromatic carbocycles. The molecule has 1 aliphatic rings. The Morgan fingerprint density at radius 2 is 2.12 bits per heavy atom. The molecule has 1 fully saturated rings. The highest BCUT2D eigenvalue weighted by Crippen LogP contribution is 2.12. The predicted molar refractivity (Wildman–Crippen MR) is 71.3 cm³/mol. The molecule has 0 aliphatic carbocycles. The van der Waals surface area contributed by atoms with Crippen molar-refractivity contribution in [1.82, 2.24) is 10.2 Å². The maximum absolute atomic E-state index is 11.2. The van der Waals surface area contributed by atoms with Gasteiger partial charge in [-0.15, -0.1) is 0 Å². The second-order valence-corrected chi connectivity index (χ2v) is 6.93. The summed E-state index contributed by atoms with van der Waals surface area (Å²) in [6.07, 6.45) is 4.06. The van der Waals surface area contributed by atoms with Crippen LogP contribution in [0.4, 0.5) is 0 Å². The number of hydrogen-bond acceptors (Lipinski definition) is 3. The van der Waals surface area contributed by atoms with Gasteiger partial charge in [-0.2, -0.15) is 0 Å². The van der Waals surface area contributed by atoms with Gasteiger partial charge in [-0.1, -0.05) is 6.92 Å². The first-order valence-electron chi connectivity index (χ1n) is 6.30. The topological polar surface area (TPSA) is 32.3 Å². The van der Waals surface area contributed by atoms with Crippen molar-refractivity contribution < 1.29 is 4.21 Å². The molecular weight excluding hydrogens is 220 g/mol. The Morgan fingerprint density at radius 1 is 1.44 bits per heavy atom. The summed E-state index contributed by atoms with van der Waals surface area (Å²) in [4.78, 5) is 2.51. The van der Waals surface area contributed by atoms with Gasteiger partial charge in [-0.25, -0.2) is 0 Å². The van der Waals surface area contributed by atoms with E-state index < -0.39 is 10.8 Å². The lowest BCUT2D eigenvalue weighted by atomic mass is 10.2. The smallest absolute Gasteiger partial charge is 0.0329 e. The van der Waals surface area contributed by atoms with Crippen molar-refractivity contribution in [3.63, 3.8) is 0 Å². The van der Waals surface area contributed by atoms with E-state index in [0.29, 0.717) is 17.3 Å². The van der Waals surface area contributed by atoms with Crippen LogP contribution >= 0.6 is 0 Å². The molecule has 96 valence electrons. The third-order valence-corrected chi connectivity index (χ3v) is 4.87. The number of nitrogens with one attached hydrogen (secondary N) is 1. The molecule has 4 heteroatoms. The highest BCUT2D eigenvalue weighted by Gasteiger charge is 2.23. The average molecular weight is 246 g/mol. The van der Waals surface area contributed by atoms with Crippen LogP contribution in [0.25, 0.3) is 0 Å². The molecule has 0 aromatic rings. The van der Waals surface area contributed by atoms with Gasteiger partial charge in [0.05, 0.1) is 0 Å². The van der Waals surface area contributed by atoms with Gasteiger partial charge in [0, 0.05) is 40.9 Å². The van der Waals surface area contributed by atoms with Crippen molar-refractivity contribution in [2.75, 3.05) is 25.9 Å². The first-order valence-corrected chi connectivity index (χ1v) is 7.92. The normalized spacial score (nSPS) is 26.2. The van der Waals surface area contributed by atoms with Crippen molar-refractivity contribution in [3.8, 4) is 0 Å². The van der Waals surface area contributed by atoms with Crippen LogP contribution in [0.1, 0.15) is 33.6 Å². The zero-order valence-corrected chi connectivity index (χ0v) is 11.8. The highest BCUT2D eigenvalue weighted by atomic mass is 32.2. The maximum Gasteiger partial charge on any atom is 0.0329 e. The zero-order valence-electron chi connectivity index (χ0n) is 11.0. The number of rotatable bonds is 6. The third-order valence-electron chi connectivity index (χ3n) is 3.50. The van der Waals surface area contributed by atoms with Gasteiger partial charge in [0.2, 0.25) is 0 Å². The Hall–Kier alpha value is 0.0700. The van der Waals surface area contributed by atoms with E-state index in [4.69, 9.17) is 0 Å². The minimum Gasteiger partial charge on any atom is -0.313 e. The zero-order chi connectivity index (χ0) is 12.1. The van der Waals surface area contributed by atoms with E-state index in [1.54, 1.807) is 6.26 Å². The Labute approximate surface area is 102 Å². The average Bonchev–Trinajstić information content (AvgIpc) is 2.66. The van der Waals surface area contributed by atoms with E-state index >= 15 is 0 Å². The molecule has 1 aliphatic heterocycles. The van der Waals surface area contributed by atoms with E-state index in [2.05, 4.69) is 31.0 Å². The van der Waals surface area contributed by atoms with Crippen LogP contribution in [0.3, 0.4) is 0 Å². The minimum absolute atomic E-state index is 0.315. The van der Waals surface area contributed by atoms with E-state index in [1.165, 1.54) is 19.5 Å². The summed E-state index contributed by atoms with van der Waals surface area (Å²) in [7, 11) is -0.678. The Bertz CT molecular complexity index is 233. The first-order chi connectivity index (χ1) is 7.50. The third kappa shape index (κ3) is 4.52. The van der Waals surface area contributed by atoms with Crippen LogP contribution in [-0.4, -0.2) is 52.3 Å². The van der Waals surface area contributed by atoms with Gasteiger partial charge in [0.25, 0.3) is 0 Å². The lowest BCUT2D eigenvalue weighted by Crippen LogP contribution is -2.36. The second-order valence-electron chi connectivity index (χ2n) is 5.13. The van der Waals surface area contributed by atoms with E-state index in [9.17, 15) is 4.21 Å². The molecule has 0 amide bonds. The lowest BCUT2D eigenvalue weighted by Gasteiger charge is -2.20. The minimum atomic E-state index is -0.678. The summed E-state index contributed by atoms with van der Waals surface area (Å²) in [6, 6.07) is 1.30. The molecule has 1 saturated heterocycles. The van der Waals surface area contributed by atoms with Gasteiger partial charge >= 0.3 is 0 Å². The fraction of sp³-hybridized carbons (Fsp3) is 1.00. The Kier molecular flexibility index (Phi) is 5.94. The van der Waals surface area contributed by atoms with Crippen molar-refractivity contribution in [2.45, 2.75) is 50.9 Å². The Balaban J connectivity index is 2.13. The summed E-state index contributed by atoms with van der Waals surface area (Å²) in [5, 5.41) is 3.89. The SMILES string of the molecule is CC(C)N1CCC(NCCC(C)S(C)=O)C1. The quantitative estimate of drug-likeness (QED) is 0.765. The van der Waals surface area contributed by atoms with Gasteiger partial charge in [0.15, 0.2) is 0 Å². The molecule has 1 rings (SSSR count). The molecule has 3 atom stereocenters. The molecule has 1 N–H and O–H groups in total. The summed E-state index contributed by atoms with van der Waals surface area (Å²) >= 11 is 0. The van der Waals surface area contributed by atoms with Gasteiger partial charge < -0.3 is 5.32 Å². The fourth-order valence-corrected chi connectivity index (χ4v) is 2.53. The monoisotopic (exact) mass is 246 g/mol. The van der Waals surface area contributed by atoms with E-state index in [-0.39, 0.29) is 0 Å². The van der Waals surface area contributed by atoms with Crippen molar-refractivity contribution in [2.24, 2.45) is 0 Å². The van der Waals surface area contributed by atoms with Crippen LogP contribution in [0, 0.1) is 0 Å². The summed E-state index contributed by atoms with van der Waals surface area (Å²) in [5.74, 6) is 0. The number of nitrogens with zero attached hydrogens (tertiary/aromatic N) is 1.